The Kier molecular flexibility index (Phi) is 1.80. The van der Waals surface area contributed by atoms with Gasteiger partial charge in [-0.15, -0.1) is 0 Å². The van der Waals surface area contributed by atoms with E-state index in [1.165, 1.54) is 0 Å². The molecule has 0 spiro atoms. The Balaban J connectivity index is 2.28. The van der Waals surface area contributed by atoms with Gasteiger partial charge in [-0.2, -0.15) is 5.26 Å². The van der Waals surface area contributed by atoms with Crippen LogP contribution in [0.5, 0.6) is 11.5 Å². The third-order valence-corrected chi connectivity index (χ3v) is 2.87. The number of fused-ring (bicyclic) bond motifs is 2. The van der Waals surface area contributed by atoms with E-state index in [1.54, 1.807) is 0 Å². The molecule has 0 fully saturated rings. The van der Waals surface area contributed by atoms with E-state index in [9.17, 15) is 0 Å². The second kappa shape index (κ2) is 3.17. The highest BCUT2D eigenvalue weighted by Crippen LogP contribution is 2.37. The number of aryl methyl sites for hydroxylation is 1. The maximum Gasteiger partial charge on any atom is 0.231 e. The maximum atomic E-state index is 8.80. The monoisotopic (exact) mass is 214 g/mol. The van der Waals surface area contributed by atoms with Crippen molar-refractivity contribution in [3.8, 4) is 17.6 Å². The minimum atomic E-state index is 0.272. The van der Waals surface area contributed by atoms with Crippen LogP contribution in [0.15, 0.2) is 12.1 Å². The molecule has 4 heteroatoms. The summed E-state index contributed by atoms with van der Waals surface area (Å²) in [7, 11) is 0. The third-order valence-electron chi connectivity index (χ3n) is 2.87. The van der Waals surface area contributed by atoms with Crippen LogP contribution in [-0.4, -0.2) is 11.8 Å². The molecule has 0 saturated carbocycles. The largest absolute Gasteiger partial charge is 0.454 e. The molecule has 16 heavy (non-hydrogen) atoms. The number of aromatic nitrogens is 1. The van der Waals surface area contributed by atoms with Gasteiger partial charge >= 0.3 is 0 Å². The van der Waals surface area contributed by atoms with Gasteiger partial charge in [-0.3, -0.25) is 0 Å². The van der Waals surface area contributed by atoms with Crippen LogP contribution in [-0.2, 0) is 6.42 Å². The molecule has 1 aromatic carbocycles. The summed E-state index contributed by atoms with van der Waals surface area (Å²) < 4.78 is 10.6. The van der Waals surface area contributed by atoms with Crippen molar-refractivity contribution in [2.45, 2.75) is 13.3 Å². The van der Waals surface area contributed by atoms with Gasteiger partial charge in [0.2, 0.25) is 6.79 Å². The third kappa shape index (κ3) is 1.15. The lowest BCUT2D eigenvalue weighted by Gasteiger charge is -1.97. The molecule has 1 aliphatic rings. The summed E-state index contributed by atoms with van der Waals surface area (Å²) in [6, 6.07) is 6.04. The first-order valence-electron chi connectivity index (χ1n) is 5.07. The molecule has 0 saturated heterocycles. The maximum absolute atomic E-state index is 8.80. The molecule has 0 bridgehead atoms. The lowest BCUT2D eigenvalue weighted by molar-refractivity contribution is 0.174. The minimum Gasteiger partial charge on any atom is -0.454 e. The summed E-state index contributed by atoms with van der Waals surface area (Å²) in [5.41, 5.74) is 3.06. The molecule has 1 aromatic heterocycles. The summed E-state index contributed by atoms with van der Waals surface area (Å²) in [5.74, 6) is 1.52. The van der Waals surface area contributed by atoms with Gasteiger partial charge in [0, 0.05) is 22.7 Å². The van der Waals surface area contributed by atoms with Crippen LogP contribution in [0.1, 0.15) is 11.3 Å². The van der Waals surface area contributed by atoms with Crippen LogP contribution in [0.3, 0.4) is 0 Å². The Morgan fingerprint density at radius 3 is 2.88 bits per heavy atom. The van der Waals surface area contributed by atoms with Crippen LogP contribution in [0.4, 0.5) is 0 Å². The molecule has 1 aliphatic heterocycles. The number of nitriles is 1. The molecule has 3 rings (SSSR count). The number of ether oxygens (including phenoxy) is 2. The van der Waals surface area contributed by atoms with E-state index in [1.807, 2.05) is 19.1 Å². The number of rotatable bonds is 1. The van der Waals surface area contributed by atoms with E-state index in [-0.39, 0.29) is 6.79 Å². The number of aromatic amines is 1. The van der Waals surface area contributed by atoms with Crippen LogP contribution in [0.25, 0.3) is 10.9 Å². The van der Waals surface area contributed by atoms with Gasteiger partial charge in [0.15, 0.2) is 11.5 Å². The molecule has 4 nitrogen and oxygen atoms in total. The predicted molar refractivity (Wildman–Crippen MR) is 58.5 cm³/mol. The molecular formula is C12H10N2O2. The molecule has 1 N–H and O–H groups in total. The van der Waals surface area contributed by atoms with Gasteiger partial charge in [0.1, 0.15) is 0 Å². The smallest absolute Gasteiger partial charge is 0.231 e. The van der Waals surface area contributed by atoms with E-state index in [2.05, 4.69) is 11.1 Å². The molecule has 80 valence electrons. The molecule has 0 aliphatic carbocycles. The zero-order valence-electron chi connectivity index (χ0n) is 8.83. The first-order chi connectivity index (χ1) is 7.79. The fraction of sp³-hybridized carbons (Fsp3) is 0.250. The highest BCUT2D eigenvalue weighted by molar-refractivity contribution is 5.88. The summed E-state index contributed by atoms with van der Waals surface area (Å²) >= 11 is 0. The highest BCUT2D eigenvalue weighted by atomic mass is 16.7. The van der Waals surface area contributed by atoms with Crippen molar-refractivity contribution in [1.29, 1.82) is 5.26 Å². The van der Waals surface area contributed by atoms with Crippen molar-refractivity contribution >= 4 is 10.9 Å². The lowest BCUT2D eigenvalue weighted by Crippen LogP contribution is -1.92. The summed E-state index contributed by atoms with van der Waals surface area (Å²) in [6.45, 7) is 2.24. The second-order valence-corrected chi connectivity index (χ2v) is 3.81. The van der Waals surface area contributed by atoms with E-state index in [4.69, 9.17) is 14.7 Å². The SMILES string of the molecule is Cc1[nH]c2cc3c(cc2c1CC#N)OCO3. The van der Waals surface area contributed by atoms with E-state index in [0.717, 1.165) is 33.7 Å². The standard InChI is InChI=1S/C12H10N2O2/c1-7-8(2-3-13)9-4-11-12(16-6-15-11)5-10(9)14-7/h4-5,14H,2,6H2,1H3. The van der Waals surface area contributed by atoms with Crippen molar-refractivity contribution in [2.75, 3.05) is 6.79 Å². The fourth-order valence-corrected chi connectivity index (χ4v) is 2.08. The molecule has 2 heterocycles. The Morgan fingerprint density at radius 2 is 2.12 bits per heavy atom. The van der Waals surface area contributed by atoms with Gasteiger partial charge in [-0.25, -0.2) is 0 Å². The Bertz CT molecular complexity index is 607. The van der Waals surface area contributed by atoms with Gasteiger partial charge in [0.25, 0.3) is 0 Å². The molecule has 0 unspecified atom stereocenters. The predicted octanol–water partition coefficient (Wildman–Crippen LogP) is 2.27. The van der Waals surface area contributed by atoms with Crippen LogP contribution in [0.2, 0.25) is 0 Å². The molecular weight excluding hydrogens is 204 g/mol. The van der Waals surface area contributed by atoms with Crippen LogP contribution in [0, 0.1) is 18.3 Å². The van der Waals surface area contributed by atoms with Crippen molar-refractivity contribution < 1.29 is 9.47 Å². The number of H-pyrrole nitrogens is 1. The van der Waals surface area contributed by atoms with Crippen molar-refractivity contribution in [3.05, 3.63) is 23.4 Å². The van der Waals surface area contributed by atoms with Crippen LogP contribution >= 0.6 is 0 Å². The first-order valence-corrected chi connectivity index (χ1v) is 5.07. The molecule has 0 amide bonds. The first kappa shape index (κ1) is 9.10. The van der Waals surface area contributed by atoms with E-state index < -0.39 is 0 Å². The van der Waals surface area contributed by atoms with Gasteiger partial charge in [-0.1, -0.05) is 0 Å². The second-order valence-electron chi connectivity index (χ2n) is 3.81. The van der Waals surface area contributed by atoms with Crippen LogP contribution < -0.4 is 9.47 Å². The fourth-order valence-electron chi connectivity index (χ4n) is 2.08. The van der Waals surface area contributed by atoms with Crippen molar-refractivity contribution in [2.24, 2.45) is 0 Å². The van der Waals surface area contributed by atoms with Crippen molar-refractivity contribution in [1.82, 2.24) is 4.98 Å². The quantitative estimate of drug-likeness (QED) is 0.792. The Morgan fingerprint density at radius 1 is 1.38 bits per heavy atom. The number of benzene rings is 1. The van der Waals surface area contributed by atoms with E-state index in [0.29, 0.717) is 6.42 Å². The minimum absolute atomic E-state index is 0.272. The van der Waals surface area contributed by atoms with Crippen molar-refractivity contribution in [3.63, 3.8) is 0 Å². The Labute approximate surface area is 92.4 Å². The van der Waals surface area contributed by atoms with Gasteiger partial charge in [0.05, 0.1) is 12.5 Å². The summed E-state index contributed by atoms with van der Waals surface area (Å²) in [4.78, 5) is 3.25. The topological polar surface area (TPSA) is 58.0 Å². The summed E-state index contributed by atoms with van der Waals surface area (Å²) in [5, 5.41) is 9.84. The van der Waals surface area contributed by atoms with Gasteiger partial charge < -0.3 is 14.5 Å². The number of hydrogen-bond donors (Lipinski definition) is 1. The molecule has 2 aromatic rings. The normalized spacial score (nSPS) is 13.0. The van der Waals surface area contributed by atoms with Gasteiger partial charge in [-0.05, 0) is 18.6 Å². The lowest BCUT2D eigenvalue weighted by atomic mass is 10.1. The van der Waals surface area contributed by atoms with E-state index >= 15 is 0 Å². The average molecular weight is 214 g/mol. The highest BCUT2D eigenvalue weighted by Gasteiger charge is 2.17. The Hall–Kier alpha value is -2.15. The number of nitrogens with one attached hydrogen (secondary N) is 1. The molecule has 0 radical (unpaired) electrons. The average Bonchev–Trinajstić information content (AvgIpc) is 2.81. The molecule has 0 atom stereocenters. The number of hydrogen-bond acceptors (Lipinski definition) is 3. The summed E-state index contributed by atoms with van der Waals surface area (Å²) in [6.07, 6.45) is 0.408. The zero-order valence-corrected chi connectivity index (χ0v) is 8.83. The number of nitrogens with zero attached hydrogens (tertiary/aromatic N) is 1. The zero-order chi connectivity index (χ0) is 11.1.